The van der Waals surface area contributed by atoms with Crippen molar-refractivity contribution in [1.82, 2.24) is 0 Å². The Kier molecular flexibility index (Phi) is 3.02. The number of carbonyl (C=O) groups excluding carboxylic acids is 1. The molecule has 0 saturated heterocycles. The number of hydrogen-bond donors (Lipinski definition) is 1. The predicted octanol–water partition coefficient (Wildman–Crippen LogP) is 0.620. The Morgan fingerprint density at radius 3 is 2.58 bits per heavy atom. The molecule has 1 N–H and O–H groups in total. The van der Waals surface area contributed by atoms with Crippen molar-refractivity contribution < 1.29 is 9.47 Å². The number of carbonyl (C=O) groups is 1. The number of aromatic nitrogens is 1. The summed E-state index contributed by atoms with van der Waals surface area (Å²) in [6.45, 7) is 1.80. The summed E-state index contributed by atoms with van der Waals surface area (Å²) in [6, 6.07) is 5.57. The van der Waals surface area contributed by atoms with Gasteiger partial charge in [-0.05, 0) is 6.92 Å². The molecule has 12 heavy (non-hydrogen) atoms. The molecule has 1 rings (SSSR count). The first kappa shape index (κ1) is 8.46. The van der Waals surface area contributed by atoms with Gasteiger partial charge in [-0.1, -0.05) is 16.8 Å². The van der Waals surface area contributed by atoms with Gasteiger partial charge >= 0.3 is 0 Å². The number of allylic oxidation sites excluding steroid dienone is 1. The van der Waals surface area contributed by atoms with Crippen molar-refractivity contribution in [2.24, 2.45) is 0 Å². The molecule has 0 radical (unpaired) electrons. The molecular weight excluding hydrogens is 152 g/mol. The van der Waals surface area contributed by atoms with Crippen molar-refractivity contribution in [2.75, 3.05) is 5.43 Å². The van der Waals surface area contributed by atoms with Gasteiger partial charge in [-0.15, -0.1) is 5.43 Å². The summed E-state index contributed by atoms with van der Waals surface area (Å²) in [5.74, 6) is -0.131. The Hall–Kier alpha value is -1.64. The molecule has 0 aliphatic heterocycles. The zero-order chi connectivity index (χ0) is 8.81. The highest BCUT2D eigenvalue weighted by molar-refractivity contribution is 5.92. The average Bonchev–Trinajstić information content (AvgIpc) is 2.06. The van der Waals surface area contributed by atoms with E-state index in [9.17, 15) is 4.79 Å². The van der Waals surface area contributed by atoms with E-state index in [1.807, 2.05) is 18.2 Å². The number of rotatable bonds is 2. The summed E-state index contributed by atoms with van der Waals surface area (Å²) in [4.78, 5) is 11.0. The van der Waals surface area contributed by atoms with Gasteiger partial charge in [0.05, 0.1) is 0 Å². The van der Waals surface area contributed by atoms with Gasteiger partial charge in [0.25, 0.3) is 5.91 Å². The second-order valence-electron chi connectivity index (χ2n) is 2.26. The normalized spacial score (nSPS) is 10.1. The minimum Gasteiger partial charge on any atom is -0.264 e. The van der Waals surface area contributed by atoms with E-state index in [0.717, 1.165) is 0 Å². The van der Waals surface area contributed by atoms with Gasteiger partial charge < -0.3 is 0 Å². The zero-order valence-electron chi connectivity index (χ0n) is 6.90. The Morgan fingerprint density at radius 2 is 2.00 bits per heavy atom. The molecule has 3 nitrogen and oxygen atoms in total. The fourth-order valence-electron chi connectivity index (χ4n) is 0.789. The van der Waals surface area contributed by atoms with Crippen LogP contribution in [0.25, 0.3) is 0 Å². The highest BCUT2D eigenvalue weighted by atomic mass is 16.2. The Morgan fingerprint density at radius 1 is 1.33 bits per heavy atom. The SMILES string of the molecule is C/C=C/C(=O)N[n+]1ccccc1. The highest BCUT2D eigenvalue weighted by Gasteiger charge is 2.00. The van der Waals surface area contributed by atoms with Crippen molar-refractivity contribution in [2.45, 2.75) is 6.92 Å². The van der Waals surface area contributed by atoms with E-state index < -0.39 is 0 Å². The van der Waals surface area contributed by atoms with Crippen LogP contribution in [0.3, 0.4) is 0 Å². The number of pyridine rings is 1. The fourth-order valence-corrected chi connectivity index (χ4v) is 0.789. The van der Waals surface area contributed by atoms with Gasteiger partial charge in [0.15, 0.2) is 12.4 Å². The number of nitrogens with zero attached hydrogens (tertiary/aromatic N) is 1. The zero-order valence-corrected chi connectivity index (χ0v) is 6.90. The maximum Gasteiger partial charge on any atom is 0.297 e. The van der Waals surface area contributed by atoms with Crippen molar-refractivity contribution in [3.05, 3.63) is 42.7 Å². The van der Waals surface area contributed by atoms with Crippen molar-refractivity contribution >= 4 is 5.91 Å². The van der Waals surface area contributed by atoms with E-state index >= 15 is 0 Å². The van der Waals surface area contributed by atoms with Crippen LogP contribution >= 0.6 is 0 Å². The van der Waals surface area contributed by atoms with Crippen LogP contribution in [0, 0.1) is 0 Å². The first-order chi connectivity index (χ1) is 5.83. The van der Waals surface area contributed by atoms with Crippen LogP contribution in [0.2, 0.25) is 0 Å². The molecule has 1 aromatic rings. The van der Waals surface area contributed by atoms with Gasteiger partial charge in [0.1, 0.15) is 0 Å². The first-order valence-corrected chi connectivity index (χ1v) is 3.73. The standard InChI is InChI=1S/C9H10N2O/c1-2-6-9(12)10-11-7-4-3-5-8-11/h2-8H,1H3/p+1/b6-2+. The third-order valence-electron chi connectivity index (χ3n) is 1.27. The first-order valence-electron chi connectivity index (χ1n) is 3.73. The van der Waals surface area contributed by atoms with E-state index in [4.69, 9.17) is 0 Å². The van der Waals surface area contributed by atoms with E-state index in [1.165, 1.54) is 6.08 Å². The number of nitrogens with one attached hydrogen (secondary N) is 1. The van der Waals surface area contributed by atoms with Gasteiger partial charge in [0.2, 0.25) is 0 Å². The lowest BCUT2D eigenvalue weighted by Crippen LogP contribution is -2.46. The molecule has 1 amide bonds. The summed E-state index contributed by atoms with van der Waals surface area (Å²) in [7, 11) is 0. The van der Waals surface area contributed by atoms with Crippen LogP contribution in [-0.4, -0.2) is 5.91 Å². The second kappa shape index (κ2) is 4.28. The molecule has 0 aromatic carbocycles. The molecule has 0 fully saturated rings. The molecule has 0 atom stereocenters. The summed E-state index contributed by atoms with van der Waals surface area (Å²) < 4.78 is 1.60. The molecule has 1 aromatic heterocycles. The van der Waals surface area contributed by atoms with Gasteiger partial charge in [0, 0.05) is 18.2 Å². The van der Waals surface area contributed by atoms with Crippen LogP contribution in [0.1, 0.15) is 6.92 Å². The van der Waals surface area contributed by atoms with Crippen LogP contribution in [0.5, 0.6) is 0 Å². The molecule has 3 heteroatoms. The largest absolute Gasteiger partial charge is 0.297 e. The Bertz CT molecular complexity index is 280. The molecule has 0 aliphatic carbocycles. The average molecular weight is 163 g/mol. The maximum absolute atomic E-state index is 11.0. The van der Waals surface area contributed by atoms with Gasteiger partial charge in [-0.3, -0.25) is 4.79 Å². The molecule has 1 heterocycles. The summed E-state index contributed by atoms with van der Waals surface area (Å²) >= 11 is 0. The van der Waals surface area contributed by atoms with Crippen LogP contribution in [0.15, 0.2) is 42.7 Å². The third-order valence-corrected chi connectivity index (χ3v) is 1.27. The lowest BCUT2D eigenvalue weighted by Gasteiger charge is -1.92. The number of amides is 1. The quantitative estimate of drug-likeness (QED) is 0.503. The van der Waals surface area contributed by atoms with E-state index in [0.29, 0.717) is 0 Å². The molecular formula is C9H11N2O+. The minimum atomic E-state index is -0.131. The van der Waals surface area contributed by atoms with Crippen molar-refractivity contribution in [1.29, 1.82) is 0 Å². The second-order valence-corrected chi connectivity index (χ2v) is 2.26. The maximum atomic E-state index is 11.0. The smallest absolute Gasteiger partial charge is 0.264 e. The van der Waals surface area contributed by atoms with Crippen molar-refractivity contribution in [3.8, 4) is 0 Å². The van der Waals surface area contributed by atoms with Gasteiger partial charge in [-0.25, -0.2) is 0 Å². The lowest BCUT2D eigenvalue weighted by molar-refractivity contribution is -0.642. The molecule has 0 saturated carbocycles. The molecule has 0 unspecified atom stereocenters. The van der Waals surface area contributed by atoms with Crippen LogP contribution in [-0.2, 0) is 4.79 Å². The number of hydrogen-bond acceptors (Lipinski definition) is 1. The molecule has 0 bridgehead atoms. The molecule has 62 valence electrons. The Balaban J connectivity index is 2.59. The molecule has 0 aliphatic rings. The van der Waals surface area contributed by atoms with Crippen LogP contribution in [0.4, 0.5) is 0 Å². The minimum absolute atomic E-state index is 0.131. The topological polar surface area (TPSA) is 33.0 Å². The van der Waals surface area contributed by atoms with E-state index in [-0.39, 0.29) is 5.91 Å². The lowest BCUT2D eigenvalue weighted by atomic mass is 10.5. The van der Waals surface area contributed by atoms with E-state index in [2.05, 4.69) is 5.43 Å². The highest BCUT2D eigenvalue weighted by Crippen LogP contribution is 1.75. The monoisotopic (exact) mass is 163 g/mol. The summed E-state index contributed by atoms with van der Waals surface area (Å²) in [5, 5.41) is 0. The Labute approximate surface area is 71.3 Å². The predicted molar refractivity (Wildman–Crippen MR) is 45.8 cm³/mol. The van der Waals surface area contributed by atoms with Crippen LogP contribution < -0.4 is 10.1 Å². The summed E-state index contributed by atoms with van der Waals surface area (Å²) in [6.07, 6.45) is 6.70. The third kappa shape index (κ3) is 2.54. The summed E-state index contributed by atoms with van der Waals surface area (Å²) in [5.41, 5.74) is 2.63. The fraction of sp³-hybridized carbons (Fsp3) is 0.111. The molecule has 0 spiro atoms. The van der Waals surface area contributed by atoms with Gasteiger partial charge in [-0.2, -0.15) is 0 Å². The van der Waals surface area contributed by atoms with Crippen molar-refractivity contribution in [3.63, 3.8) is 0 Å². The van der Waals surface area contributed by atoms with E-state index in [1.54, 1.807) is 30.1 Å².